The minimum Gasteiger partial charge on any atom is -0.497 e. The number of aryl methyl sites for hydroxylation is 2. The first-order chi connectivity index (χ1) is 13.7. The highest BCUT2D eigenvalue weighted by Gasteiger charge is 2.50. The number of hydrogen-bond donors (Lipinski definition) is 2. The van der Waals surface area contributed by atoms with Gasteiger partial charge in [-0.3, -0.25) is 15.0 Å². The molecule has 8 nitrogen and oxygen atoms in total. The Hall–Kier alpha value is -3.55. The van der Waals surface area contributed by atoms with Crippen molar-refractivity contribution in [2.24, 2.45) is 0 Å². The molecule has 1 atom stereocenters. The van der Waals surface area contributed by atoms with Gasteiger partial charge in [0.2, 0.25) is 0 Å². The number of carbonyl (C=O) groups excluding carboxylic acids is 3. The fourth-order valence-electron chi connectivity index (χ4n) is 2.97. The molecule has 2 aromatic rings. The molecule has 0 aromatic heterocycles. The third-order valence-electron chi connectivity index (χ3n) is 4.94. The second kappa shape index (κ2) is 7.83. The predicted molar refractivity (Wildman–Crippen MR) is 105 cm³/mol. The van der Waals surface area contributed by atoms with Gasteiger partial charge in [0.15, 0.2) is 6.61 Å². The Morgan fingerprint density at radius 2 is 1.72 bits per heavy atom. The fourth-order valence-corrected chi connectivity index (χ4v) is 2.97. The molecule has 1 aliphatic rings. The van der Waals surface area contributed by atoms with Crippen molar-refractivity contribution < 1.29 is 23.9 Å². The Morgan fingerprint density at radius 3 is 2.34 bits per heavy atom. The zero-order valence-electron chi connectivity index (χ0n) is 16.7. The van der Waals surface area contributed by atoms with E-state index in [2.05, 4.69) is 10.7 Å². The maximum Gasteiger partial charge on any atom is 0.344 e. The Balaban J connectivity index is 1.65. The third kappa shape index (κ3) is 4.01. The highest BCUT2D eigenvalue weighted by atomic mass is 16.5. The normalized spacial score (nSPS) is 18.4. The molecule has 0 spiro atoms. The largest absolute Gasteiger partial charge is 0.497 e. The van der Waals surface area contributed by atoms with E-state index in [-0.39, 0.29) is 6.61 Å². The molecule has 2 aromatic carbocycles. The van der Waals surface area contributed by atoms with Crippen LogP contribution in [0.4, 0.5) is 4.79 Å². The number of imide groups is 1. The van der Waals surface area contributed by atoms with Crippen LogP contribution in [-0.2, 0) is 15.1 Å². The number of carbonyl (C=O) groups is 3. The Bertz CT molecular complexity index is 957. The van der Waals surface area contributed by atoms with E-state index in [1.54, 1.807) is 37.3 Å². The van der Waals surface area contributed by atoms with Crippen LogP contribution in [0, 0.1) is 13.8 Å². The maximum atomic E-state index is 12.8. The second-order valence-electron chi connectivity index (χ2n) is 6.99. The quantitative estimate of drug-likeness (QED) is 0.729. The molecule has 0 saturated carbocycles. The molecule has 0 bridgehead atoms. The zero-order chi connectivity index (χ0) is 21.2. The average molecular weight is 397 g/mol. The molecule has 1 aliphatic heterocycles. The van der Waals surface area contributed by atoms with Crippen LogP contribution in [0.15, 0.2) is 42.5 Å². The molecule has 2 N–H and O–H groups in total. The first-order valence-corrected chi connectivity index (χ1v) is 9.05. The van der Waals surface area contributed by atoms with Gasteiger partial charge in [-0.25, -0.2) is 4.79 Å². The van der Waals surface area contributed by atoms with E-state index in [9.17, 15) is 14.4 Å². The molecule has 8 heteroatoms. The van der Waals surface area contributed by atoms with Gasteiger partial charge in [0.1, 0.15) is 17.0 Å². The standard InChI is InChI=1S/C21H23N3O5/c1-13-5-8-17(11-14(13)2)29-12-18(25)23-24-19(26)21(3,22-20(24)27)15-6-9-16(28-4)10-7-15/h5-11H,12H2,1-4H3,(H,22,27)(H,23,25)/t21-/m1/s1. The molecular weight excluding hydrogens is 374 g/mol. The number of hydrogen-bond acceptors (Lipinski definition) is 5. The van der Waals surface area contributed by atoms with Crippen molar-refractivity contribution in [1.82, 2.24) is 15.8 Å². The molecular formula is C21H23N3O5. The summed E-state index contributed by atoms with van der Waals surface area (Å²) >= 11 is 0. The van der Waals surface area contributed by atoms with Gasteiger partial charge >= 0.3 is 6.03 Å². The van der Waals surface area contributed by atoms with Crippen LogP contribution < -0.4 is 20.2 Å². The van der Waals surface area contributed by atoms with E-state index in [0.29, 0.717) is 22.1 Å². The lowest BCUT2D eigenvalue weighted by molar-refractivity contribution is -0.139. The molecule has 1 heterocycles. The molecule has 29 heavy (non-hydrogen) atoms. The van der Waals surface area contributed by atoms with Crippen molar-refractivity contribution in [2.75, 3.05) is 13.7 Å². The smallest absolute Gasteiger partial charge is 0.344 e. The van der Waals surface area contributed by atoms with E-state index in [1.165, 1.54) is 7.11 Å². The van der Waals surface area contributed by atoms with Crippen molar-refractivity contribution >= 4 is 17.8 Å². The minimum absolute atomic E-state index is 0.335. The van der Waals surface area contributed by atoms with Crippen LogP contribution in [0.5, 0.6) is 11.5 Å². The van der Waals surface area contributed by atoms with E-state index < -0.39 is 23.4 Å². The van der Waals surface area contributed by atoms with Crippen LogP contribution in [0.1, 0.15) is 23.6 Å². The molecule has 0 aliphatic carbocycles. The van der Waals surface area contributed by atoms with Crippen molar-refractivity contribution in [3.05, 3.63) is 59.2 Å². The molecule has 0 radical (unpaired) electrons. The highest BCUT2D eigenvalue weighted by molar-refractivity contribution is 6.08. The van der Waals surface area contributed by atoms with Gasteiger partial charge in [-0.05, 0) is 61.7 Å². The summed E-state index contributed by atoms with van der Waals surface area (Å²) in [5, 5.41) is 3.29. The number of amides is 4. The number of nitrogens with zero attached hydrogens (tertiary/aromatic N) is 1. The van der Waals surface area contributed by atoms with E-state index in [1.807, 2.05) is 26.0 Å². The van der Waals surface area contributed by atoms with Crippen LogP contribution in [-0.4, -0.2) is 36.6 Å². The SMILES string of the molecule is COc1ccc([C@@]2(C)NC(=O)N(NC(=O)COc3ccc(C)c(C)c3)C2=O)cc1. The maximum absolute atomic E-state index is 12.8. The third-order valence-corrected chi connectivity index (χ3v) is 4.94. The number of urea groups is 1. The van der Waals surface area contributed by atoms with E-state index >= 15 is 0 Å². The lowest BCUT2D eigenvalue weighted by Gasteiger charge is -2.22. The monoisotopic (exact) mass is 397 g/mol. The zero-order valence-corrected chi connectivity index (χ0v) is 16.7. The predicted octanol–water partition coefficient (Wildman–Crippen LogP) is 2.19. The molecule has 152 valence electrons. The first kappa shape index (κ1) is 20.2. The lowest BCUT2D eigenvalue weighted by Crippen LogP contribution is -2.49. The van der Waals surface area contributed by atoms with Crippen LogP contribution in [0.2, 0.25) is 0 Å². The summed E-state index contributed by atoms with van der Waals surface area (Å²) < 4.78 is 10.6. The van der Waals surface area contributed by atoms with Crippen LogP contribution in [0.3, 0.4) is 0 Å². The van der Waals surface area contributed by atoms with Crippen molar-refractivity contribution in [1.29, 1.82) is 0 Å². The van der Waals surface area contributed by atoms with Crippen molar-refractivity contribution in [3.63, 3.8) is 0 Å². The van der Waals surface area contributed by atoms with Crippen LogP contribution in [0.25, 0.3) is 0 Å². The number of benzene rings is 2. The van der Waals surface area contributed by atoms with E-state index in [0.717, 1.165) is 11.1 Å². The topological polar surface area (TPSA) is 97.0 Å². The summed E-state index contributed by atoms with van der Waals surface area (Å²) in [5.74, 6) is -0.0517. The highest BCUT2D eigenvalue weighted by Crippen LogP contribution is 2.29. The number of nitrogens with one attached hydrogen (secondary N) is 2. The van der Waals surface area contributed by atoms with Crippen molar-refractivity contribution in [3.8, 4) is 11.5 Å². The van der Waals surface area contributed by atoms with E-state index in [4.69, 9.17) is 9.47 Å². The van der Waals surface area contributed by atoms with Gasteiger partial charge in [0, 0.05) is 0 Å². The number of rotatable bonds is 6. The molecule has 3 rings (SSSR count). The van der Waals surface area contributed by atoms with Gasteiger partial charge in [0.05, 0.1) is 7.11 Å². The number of hydrazine groups is 1. The number of ether oxygens (including phenoxy) is 2. The Labute approximate surface area is 168 Å². The summed E-state index contributed by atoms with van der Waals surface area (Å²) in [7, 11) is 1.54. The summed E-state index contributed by atoms with van der Waals surface area (Å²) in [6.45, 7) is 5.16. The van der Waals surface area contributed by atoms with Gasteiger partial charge in [0.25, 0.3) is 11.8 Å². The summed E-state index contributed by atoms with van der Waals surface area (Å²) in [5.41, 5.74) is 3.72. The summed E-state index contributed by atoms with van der Waals surface area (Å²) in [6.07, 6.45) is 0. The number of methoxy groups -OCH3 is 1. The van der Waals surface area contributed by atoms with Gasteiger partial charge < -0.3 is 14.8 Å². The molecule has 1 fully saturated rings. The lowest BCUT2D eigenvalue weighted by atomic mass is 9.92. The molecule has 1 saturated heterocycles. The average Bonchev–Trinajstić information content (AvgIpc) is 2.93. The Morgan fingerprint density at radius 1 is 1.07 bits per heavy atom. The van der Waals surface area contributed by atoms with Gasteiger partial charge in [-0.2, -0.15) is 5.01 Å². The molecule has 4 amide bonds. The van der Waals surface area contributed by atoms with Crippen LogP contribution >= 0.6 is 0 Å². The summed E-state index contributed by atoms with van der Waals surface area (Å²) in [4.78, 5) is 37.4. The van der Waals surface area contributed by atoms with Crippen molar-refractivity contribution in [2.45, 2.75) is 26.3 Å². The van der Waals surface area contributed by atoms with Gasteiger partial charge in [-0.15, -0.1) is 0 Å². The fraction of sp³-hybridized carbons (Fsp3) is 0.286. The molecule has 0 unspecified atom stereocenters. The minimum atomic E-state index is -1.30. The summed E-state index contributed by atoms with van der Waals surface area (Å²) in [6, 6.07) is 11.5. The van der Waals surface area contributed by atoms with Gasteiger partial charge in [-0.1, -0.05) is 18.2 Å². The first-order valence-electron chi connectivity index (χ1n) is 9.05. The Kier molecular flexibility index (Phi) is 5.45. The second-order valence-corrected chi connectivity index (χ2v) is 6.99.